The van der Waals surface area contributed by atoms with Gasteiger partial charge in [-0.05, 0) is 32.4 Å². The van der Waals surface area contributed by atoms with Crippen molar-refractivity contribution in [3.8, 4) is 5.75 Å². The molecule has 1 rings (SSSR count). The number of benzene rings is 1. The molecule has 0 aromatic heterocycles. The lowest BCUT2D eigenvalue weighted by Gasteiger charge is -2.10. The molecule has 0 atom stereocenters. The number of rotatable bonds is 5. The van der Waals surface area contributed by atoms with Gasteiger partial charge >= 0.3 is 0 Å². The standard InChI is InChI=1S/C12H18O3S/c1-10(2)16(13,14)9-8-15-12-7-5-4-6-11(12)3/h4-7,10H,8-9H2,1-3H3. The quantitative estimate of drug-likeness (QED) is 0.795. The Balaban J connectivity index is 2.52. The molecule has 0 aliphatic heterocycles. The minimum absolute atomic E-state index is 0.0685. The first-order valence-electron chi connectivity index (χ1n) is 5.33. The van der Waals surface area contributed by atoms with Crippen molar-refractivity contribution in [2.75, 3.05) is 12.4 Å². The second-order valence-electron chi connectivity index (χ2n) is 4.03. The van der Waals surface area contributed by atoms with Crippen molar-refractivity contribution in [3.05, 3.63) is 29.8 Å². The van der Waals surface area contributed by atoms with E-state index in [1.54, 1.807) is 13.8 Å². The van der Waals surface area contributed by atoms with Gasteiger partial charge in [-0.2, -0.15) is 0 Å². The molecule has 0 aliphatic rings. The van der Waals surface area contributed by atoms with Gasteiger partial charge < -0.3 is 4.74 Å². The molecule has 1 aromatic carbocycles. The summed E-state index contributed by atoms with van der Waals surface area (Å²) >= 11 is 0. The van der Waals surface area contributed by atoms with E-state index < -0.39 is 9.84 Å². The van der Waals surface area contributed by atoms with Gasteiger partial charge in [0.1, 0.15) is 12.4 Å². The SMILES string of the molecule is Cc1ccccc1OCCS(=O)(=O)C(C)C. The van der Waals surface area contributed by atoms with Crippen LogP contribution in [0, 0.1) is 6.92 Å². The number of sulfone groups is 1. The number of ether oxygens (including phenoxy) is 1. The molecule has 0 saturated heterocycles. The molecule has 0 bridgehead atoms. The Labute approximate surface area is 97.4 Å². The molecule has 4 heteroatoms. The number of para-hydroxylation sites is 1. The van der Waals surface area contributed by atoms with Gasteiger partial charge in [0.25, 0.3) is 0 Å². The van der Waals surface area contributed by atoms with E-state index in [0.717, 1.165) is 11.3 Å². The molecular formula is C12H18O3S. The third-order valence-corrected chi connectivity index (χ3v) is 4.61. The van der Waals surface area contributed by atoms with Crippen LogP contribution >= 0.6 is 0 Å². The number of aryl methyl sites for hydroxylation is 1. The fraction of sp³-hybridized carbons (Fsp3) is 0.500. The van der Waals surface area contributed by atoms with Crippen LogP contribution in [-0.4, -0.2) is 26.0 Å². The van der Waals surface area contributed by atoms with Crippen LogP contribution in [0.15, 0.2) is 24.3 Å². The lowest BCUT2D eigenvalue weighted by molar-refractivity contribution is 0.338. The van der Waals surface area contributed by atoms with Crippen LogP contribution in [0.3, 0.4) is 0 Å². The largest absolute Gasteiger partial charge is 0.492 e. The Morgan fingerprint density at radius 3 is 2.44 bits per heavy atom. The minimum atomic E-state index is -3.01. The van der Waals surface area contributed by atoms with Crippen LogP contribution in [0.2, 0.25) is 0 Å². The first-order valence-corrected chi connectivity index (χ1v) is 7.05. The van der Waals surface area contributed by atoms with Crippen LogP contribution in [0.5, 0.6) is 5.75 Å². The smallest absolute Gasteiger partial charge is 0.155 e. The summed E-state index contributed by atoms with van der Waals surface area (Å²) in [5.74, 6) is 0.820. The zero-order chi connectivity index (χ0) is 12.2. The van der Waals surface area contributed by atoms with Crippen LogP contribution in [-0.2, 0) is 9.84 Å². The summed E-state index contributed by atoms with van der Waals surface area (Å²) in [5.41, 5.74) is 1.02. The molecule has 0 N–H and O–H groups in total. The minimum Gasteiger partial charge on any atom is -0.492 e. The maximum absolute atomic E-state index is 11.5. The molecule has 90 valence electrons. The van der Waals surface area contributed by atoms with E-state index in [2.05, 4.69) is 0 Å². The van der Waals surface area contributed by atoms with Crippen molar-refractivity contribution < 1.29 is 13.2 Å². The Bertz CT molecular complexity index is 435. The molecule has 0 heterocycles. The molecule has 0 aliphatic carbocycles. The molecule has 16 heavy (non-hydrogen) atoms. The van der Waals surface area contributed by atoms with E-state index in [1.807, 2.05) is 31.2 Å². The van der Waals surface area contributed by atoms with Crippen LogP contribution in [0.4, 0.5) is 0 Å². The van der Waals surface area contributed by atoms with E-state index in [0.29, 0.717) is 0 Å². The summed E-state index contributed by atoms with van der Waals surface area (Å²) in [5, 5.41) is -0.340. The third kappa shape index (κ3) is 3.52. The fourth-order valence-corrected chi connectivity index (χ4v) is 2.01. The topological polar surface area (TPSA) is 43.4 Å². The van der Waals surface area contributed by atoms with Crippen molar-refractivity contribution in [1.29, 1.82) is 0 Å². The summed E-state index contributed by atoms with van der Waals surface area (Å²) < 4.78 is 28.5. The molecule has 0 unspecified atom stereocenters. The van der Waals surface area contributed by atoms with E-state index in [-0.39, 0.29) is 17.6 Å². The zero-order valence-corrected chi connectivity index (χ0v) is 10.8. The molecule has 0 fully saturated rings. The Morgan fingerprint density at radius 1 is 1.25 bits per heavy atom. The predicted octanol–water partition coefficient (Wildman–Crippen LogP) is 2.20. The second-order valence-corrected chi connectivity index (χ2v) is 6.71. The van der Waals surface area contributed by atoms with E-state index in [4.69, 9.17) is 4.74 Å². The summed E-state index contributed by atoms with van der Waals surface area (Å²) in [6, 6.07) is 7.58. The summed E-state index contributed by atoms with van der Waals surface area (Å²) in [6.45, 7) is 5.52. The van der Waals surface area contributed by atoms with Gasteiger partial charge in [0, 0.05) is 0 Å². The Hall–Kier alpha value is -1.03. The van der Waals surface area contributed by atoms with Gasteiger partial charge in [0.2, 0.25) is 0 Å². The summed E-state index contributed by atoms with van der Waals surface area (Å²) in [7, 11) is -3.01. The first kappa shape index (κ1) is 13.0. The van der Waals surface area contributed by atoms with Crippen molar-refractivity contribution in [2.24, 2.45) is 0 Å². The predicted molar refractivity (Wildman–Crippen MR) is 65.6 cm³/mol. The Kier molecular flexibility index (Phi) is 4.35. The molecule has 0 spiro atoms. The average Bonchev–Trinajstić information content (AvgIpc) is 2.20. The molecule has 1 aromatic rings. The molecule has 3 nitrogen and oxygen atoms in total. The van der Waals surface area contributed by atoms with Gasteiger partial charge in [-0.25, -0.2) is 8.42 Å². The van der Waals surface area contributed by atoms with E-state index in [9.17, 15) is 8.42 Å². The molecule has 0 amide bonds. The third-order valence-electron chi connectivity index (χ3n) is 2.44. The van der Waals surface area contributed by atoms with Gasteiger partial charge in [-0.1, -0.05) is 18.2 Å². The summed E-state index contributed by atoms with van der Waals surface area (Å²) in [4.78, 5) is 0. The highest BCUT2D eigenvalue weighted by atomic mass is 32.2. The van der Waals surface area contributed by atoms with Gasteiger partial charge in [0.05, 0.1) is 11.0 Å². The highest BCUT2D eigenvalue weighted by molar-refractivity contribution is 7.91. The molecule has 0 saturated carbocycles. The summed E-state index contributed by atoms with van der Waals surface area (Å²) in [6.07, 6.45) is 0. The Morgan fingerprint density at radius 2 is 1.88 bits per heavy atom. The van der Waals surface area contributed by atoms with Crippen molar-refractivity contribution >= 4 is 9.84 Å². The van der Waals surface area contributed by atoms with Crippen LogP contribution < -0.4 is 4.74 Å². The first-order chi connectivity index (χ1) is 7.43. The zero-order valence-electron chi connectivity index (χ0n) is 9.93. The highest BCUT2D eigenvalue weighted by Gasteiger charge is 2.15. The molecular weight excluding hydrogens is 224 g/mol. The van der Waals surface area contributed by atoms with Crippen molar-refractivity contribution in [3.63, 3.8) is 0 Å². The van der Waals surface area contributed by atoms with Crippen molar-refractivity contribution in [2.45, 2.75) is 26.0 Å². The van der Waals surface area contributed by atoms with Crippen LogP contribution in [0.1, 0.15) is 19.4 Å². The lowest BCUT2D eigenvalue weighted by Crippen LogP contribution is -2.22. The maximum atomic E-state index is 11.5. The normalized spacial score (nSPS) is 11.8. The van der Waals surface area contributed by atoms with Crippen molar-refractivity contribution in [1.82, 2.24) is 0 Å². The van der Waals surface area contributed by atoms with Crippen LogP contribution in [0.25, 0.3) is 0 Å². The lowest BCUT2D eigenvalue weighted by atomic mass is 10.2. The van der Waals surface area contributed by atoms with E-state index >= 15 is 0 Å². The van der Waals surface area contributed by atoms with E-state index in [1.165, 1.54) is 0 Å². The maximum Gasteiger partial charge on any atom is 0.155 e. The monoisotopic (exact) mass is 242 g/mol. The number of hydrogen-bond acceptors (Lipinski definition) is 3. The van der Waals surface area contributed by atoms with Gasteiger partial charge in [-0.3, -0.25) is 0 Å². The average molecular weight is 242 g/mol. The second kappa shape index (κ2) is 5.34. The fourth-order valence-electron chi connectivity index (χ4n) is 1.22. The molecule has 0 radical (unpaired) electrons. The highest BCUT2D eigenvalue weighted by Crippen LogP contribution is 2.16. The van der Waals surface area contributed by atoms with Gasteiger partial charge in [0.15, 0.2) is 9.84 Å². The number of hydrogen-bond donors (Lipinski definition) is 0. The van der Waals surface area contributed by atoms with Gasteiger partial charge in [-0.15, -0.1) is 0 Å².